The van der Waals surface area contributed by atoms with Crippen molar-refractivity contribution in [2.24, 2.45) is 0 Å². The molecule has 35 heavy (non-hydrogen) atoms. The van der Waals surface area contributed by atoms with Crippen LogP contribution in [0.3, 0.4) is 0 Å². The van der Waals surface area contributed by atoms with E-state index in [1.807, 2.05) is 48.5 Å². The number of fused-ring (bicyclic) bond motifs is 1. The molecule has 0 bridgehead atoms. The van der Waals surface area contributed by atoms with Crippen LogP contribution >= 0.6 is 11.8 Å². The number of hydrogen-bond acceptors (Lipinski definition) is 4. The van der Waals surface area contributed by atoms with Gasteiger partial charge in [-0.25, -0.2) is 0 Å². The molecule has 2 N–H and O–H groups in total. The number of para-hydroxylation sites is 1. The van der Waals surface area contributed by atoms with Crippen molar-refractivity contribution in [3.8, 4) is 0 Å². The van der Waals surface area contributed by atoms with Crippen molar-refractivity contribution in [2.45, 2.75) is 37.8 Å². The lowest BCUT2D eigenvalue weighted by Crippen LogP contribution is -2.34. The third-order valence-corrected chi connectivity index (χ3v) is 7.02. The van der Waals surface area contributed by atoms with Crippen molar-refractivity contribution in [2.75, 3.05) is 18.4 Å². The van der Waals surface area contributed by atoms with Gasteiger partial charge in [-0.1, -0.05) is 66.4 Å². The van der Waals surface area contributed by atoms with Crippen LogP contribution in [0.25, 0.3) is 6.08 Å². The van der Waals surface area contributed by atoms with Crippen LogP contribution in [0.15, 0.2) is 88.7 Å². The minimum atomic E-state index is -0.113. The quantitative estimate of drug-likeness (QED) is 0.297. The van der Waals surface area contributed by atoms with Gasteiger partial charge in [0.2, 0.25) is 0 Å². The average molecular weight is 486 g/mol. The monoisotopic (exact) mass is 485 g/mol. The third-order valence-electron chi connectivity index (χ3n) is 5.92. The van der Waals surface area contributed by atoms with Crippen molar-refractivity contribution in [1.82, 2.24) is 10.2 Å². The lowest BCUT2D eigenvalue weighted by Gasteiger charge is -2.26. The number of thioether (sulfide) groups is 1. The van der Waals surface area contributed by atoms with Crippen LogP contribution in [0, 0.1) is 0 Å². The number of hydrogen-bond donors (Lipinski definition) is 2. The van der Waals surface area contributed by atoms with Crippen molar-refractivity contribution in [3.63, 3.8) is 0 Å². The molecule has 1 aliphatic rings. The summed E-state index contributed by atoms with van der Waals surface area (Å²) in [6, 6.07) is 26.0. The summed E-state index contributed by atoms with van der Waals surface area (Å²) in [7, 11) is 0. The predicted octanol–water partition coefficient (Wildman–Crippen LogP) is 5.80. The molecule has 0 aromatic heterocycles. The summed E-state index contributed by atoms with van der Waals surface area (Å²) in [4.78, 5) is 29.1. The molecule has 0 radical (unpaired) electrons. The van der Waals surface area contributed by atoms with Gasteiger partial charge in [-0.05, 0) is 61.7 Å². The fraction of sp³-hybridized carbons (Fsp3) is 0.241. The molecule has 3 aromatic rings. The third kappa shape index (κ3) is 6.84. The van der Waals surface area contributed by atoms with E-state index in [2.05, 4.69) is 53.6 Å². The summed E-state index contributed by atoms with van der Waals surface area (Å²) in [5.74, 6) is -0.194. The van der Waals surface area contributed by atoms with Crippen LogP contribution in [0.2, 0.25) is 0 Å². The number of rotatable bonds is 9. The molecule has 0 spiro atoms. The minimum absolute atomic E-state index is 0.0814. The number of anilines is 1. The van der Waals surface area contributed by atoms with Gasteiger partial charge in [0.05, 0.1) is 10.6 Å². The van der Waals surface area contributed by atoms with Crippen molar-refractivity contribution >= 4 is 35.3 Å². The molecule has 4 rings (SSSR count). The van der Waals surface area contributed by atoms with E-state index in [0.29, 0.717) is 23.1 Å². The fourth-order valence-electron chi connectivity index (χ4n) is 3.91. The number of benzene rings is 3. The summed E-state index contributed by atoms with van der Waals surface area (Å²) >= 11 is 1.45. The molecule has 0 unspecified atom stereocenters. The molecule has 5 nitrogen and oxygen atoms in total. The fourth-order valence-corrected chi connectivity index (χ4v) is 4.86. The highest BCUT2D eigenvalue weighted by atomic mass is 32.2. The SMILES string of the molecule is CC(C)N(CCCNC(=O)c1ccc(/C=C2/Sc3ccccc3NC2=O)cc1)Cc1ccccc1. The molecule has 0 saturated heterocycles. The Morgan fingerprint density at radius 3 is 2.46 bits per heavy atom. The summed E-state index contributed by atoms with van der Waals surface area (Å²) in [5.41, 5.74) is 3.63. The second-order valence-corrected chi connectivity index (χ2v) is 9.93. The first-order chi connectivity index (χ1) is 17.0. The largest absolute Gasteiger partial charge is 0.352 e. The first-order valence-electron chi connectivity index (χ1n) is 12.0. The van der Waals surface area contributed by atoms with E-state index in [4.69, 9.17) is 0 Å². The molecular weight excluding hydrogens is 454 g/mol. The lowest BCUT2D eigenvalue weighted by molar-refractivity contribution is -0.112. The number of carbonyl (C=O) groups excluding carboxylic acids is 2. The van der Waals surface area contributed by atoms with Crippen LogP contribution in [-0.4, -0.2) is 35.8 Å². The predicted molar refractivity (Wildman–Crippen MR) is 144 cm³/mol. The Hall–Kier alpha value is -3.35. The molecule has 0 saturated carbocycles. The van der Waals surface area contributed by atoms with Crippen LogP contribution in [0.5, 0.6) is 0 Å². The molecule has 1 heterocycles. The van der Waals surface area contributed by atoms with E-state index < -0.39 is 0 Å². The van der Waals surface area contributed by atoms with Crippen LogP contribution in [0.4, 0.5) is 5.69 Å². The van der Waals surface area contributed by atoms with E-state index >= 15 is 0 Å². The van der Waals surface area contributed by atoms with E-state index in [1.54, 1.807) is 12.1 Å². The first-order valence-corrected chi connectivity index (χ1v) is 12.8. The Bertz CT molecular complexity index is 1190. The average Bonchev–Trinajstić information content (AvgIpc) is 2.87. The number of amides is 2. The Balaban J connectivity index is 1.27. The Morgan fingerprint density at radius 2 is 1.71 bits per heavy atom. The topological polar surface area (TPSA) is 61.4 Å². The van der Waals surface area contributed by atoms with E-state index in [0.717, 1.165) is 35.7 Å². The Labute approximate surface area is 211 Å². The highest BCUT2D eigenvalue weighted by Gasteiger charge is 2.20. The first kappa shape index (κ1) is 24.8. The van der Waals surface area contributed by atoms with Crippen LogP contribution in [0.1, 0.15) is 41.8 Å². The molecule has 180 valence electrons. The maximum Gasteiger partial charge on any atom is 0.262 e. The normalized spacial score (nSPS) is 14.2. The van der Waals surface area contributed by atoms with Gasteiger partial charge in [-0.15, -0.1) is 0 Å². The molecule has 1 aliphatic heterocycles. The smallest absolute Gasteiger partial charge is 0.262 e. The van der Waals surface area contributed by atoms with Crippen molar-refractivity contribution in [1.29, 1.82) is 0 Å². The van der Waals surface area contributed by atoms with Gasteiger partial charge in [0, 0.05) is 36.1 Å². The van der Waals surface area contributed by atoms with Crippen LogP contribution < -0.4 is 10.6 Å². The van der Waals surface area contributed by atoms with Crippen LogP contribution in [-0.2, 0) is 11.3 Å². The van der Waals surface area contributed by atoms with Gasteiger partial charge < -0.3 is 10.6 Å². The Morgan fingerprint density at radius 1 is 1.00 bits per heavy atom. The number of carbonyl (C=O) groups is 2. The molecular formula is C29H31N3O2S. The van der Waals surface area contributed by atoms with Crippen molar-refractivity contribution in [3.05, 3.63) is 100 Å². The summed E-state index contributed by atoms with van der Waals surface area (Å²) in [6.07, 6.45) is 2.74. The van der Waals surface area contributed by atoms with Crippen molar-refractivity contribution < 1.29 is 9.59 Å². The zero-order chi connectivity index (χ0) is 24.6. The van der Waals surface area contributed by atoms with Gasteiger partial charge in [-0.2, -0.15) is 0 Å². The second-order valence-electron chi connectivity index (χ2n) is 8.84. The number of nitrogens with zero attached hydrogens (tertiary/aromatic N) is 1. The molecule has 0 fully saturated rings. The Kier molecular flexibility index (Phi) is 8.40. The standard InChI is InChI=1S/C29H31N3O2S/c1-21(2)32(20-23-9-4-3-5-10-23)18-8-17-30-28(33)24-15-13-22(14-16-24)19-27-29(34)31-25-11-6-7-12-26(25)35-27/h3-7,9-16,19,21H,8,17-18,20H2,1-2H3,(H,30,33)(H,31,34)/b27-19+. The second kappa shape index (κ2) is 11.9. The highest BCUT2D eigenvalue weighted by Crippen LogP contribution is 2.38. The van der Waals surface area contributed by atoms with Gasteiger partial charge in [-0.3, -0.25) is 14.5 Å². The van der Waals surface area contributed by atoms with E-state index in [9.17, 15) is 9.59 Å². The molecule has 0 atom stereocenters. The summed E-state index contributed by atoms with van der Waals surface area (Å²) < 4.78 is 0. The lowest BCUT2D eigenvalue weighted by atomic mass is 10.1. The molecule has 2 amide bonds. The van der Waals surface area contributed by atoms with Gasteiger partial charge >= 0.3 is 0 Å². The van der Waals surface area contributed by atoms with E-state index in [-0.39, 0.29) is 11.8 Å². The van der Waals surface area contributed by atoms with Gasteiger partial charge in [0.15, 0.2) is 0 Å². The maximum atomic E-state index is 12.6. The highest BCUT2D eigenvalue weighted by molar-refractivity contribution is 8.04. The minimum Gasteiger partial charge on any atom is -0.352 e. The molecule has 6 heteroatoms. The molecule has 3 aromatic carbocycles. The zero-order valence-electron chi connectivity index (χ0n) is 20.2. The summed E-state index contributed by atoms with van der Waals surface area (Å²) in [5, 5.41) is 5.95. The van der Waals surface area contributed by atoms with Gasteiger partial charge in [0.1, 0.15) is 0 Å². The van der Waals surface area contributed by atoms with E-state index in [1.165, 1.54) is 17.3 Å². The summed E-state index contributed by atoms with van der Waals surface area (Å²) in [6.45, 7) is 6.85. The molecule has 0 aliphatic carbocycles. The van der Waals surface area contributed by atoms with Gasteiger partial charge in [0.25, 0.3) is 11.8 Å². The maximum absolute atomic E-state index is 12.6. The zero-order valence-corrected chi connectivity index (χ0v) is 21.0. The number of nitrogens with one attached hydrogen (secondary N) is 2.